The minimum absolute atomic E-state index is 0.155. The summed E-state index contributed by atoms with van der Waals surface area (Å²) in [5.41, 5.74) is 0. The third-order valence-corrected chi connectivity index (χ3v) is 4.71. The topological polar surface area (TPSA) is 77.5 Å². The van der Waals surface area contributed by atoms with E-state index >= 15 is 0 Å². The van der Waals surface area contributed by atoms with E-state index in [9.17, 15) is 16.8 Å². The normalized spacial score (nSPS) is 22.5. The first-order valence-electron chi connectivity index (χ1n) is 3.23. The van der Waals surface area contributed by atoms with Crippen molar-refractivity contribution >= 4 is 20.2 Å². The summed E-state index contributed by atoms with van der Waals surface area (Å²) in [6, 6.07) is 4.76. The predicted octanol–water partition coefficient (Wildman–Crippen LogP) is 0.0942. The SMILES string of the molecule is O=S1(=O)OS(=O)(=O)c2ccc1cc2. The van der Waals surface area contributed by atoms with Gasteiger partial charge in [-0.25, -0.2) is 0 Å². The Morgan fingerprint density at radius 3 is 1.38 bits per heavy atom. The lowest BCUT2D eigenvalue weighted by atomic mass is 10.4. The molecular formula is C6H4O5S2. The molecule has 0 aliphatic carbocycles. The van der Waals surface area contributed by atoms with E-state index in [-0.39, 0.29) is 9.79 Å². The van der Waals surface area contributed by atoms with Gasteiger partial charge < -0.3 is 0 Å². The third-order valence-electron chi connectivity index (χ3n) is 1.58. The average Bonchev–Trinajstić information content (AvgIpc) is 2.14. The number of hydrogen-bond donors (Lipinski definition) is 0. The molecule has 0 saturated carbocycles. The fraction of sp³-hybridized carbons (Fsp3) is 0. The summed E-state index contributed by atoms with van der Waals surface area (Å²) in [5.74, 6) is 0. The molecule has 70 valence electrons. The minimum atomic E-state index is -4.14. The maximum absolute atomic E-state index is 11.1. The van der Waals surface area contributed by atoms with Crippen LogP contribution in [0.4, 0.5) is 0 Å². The number of hydrogen-bond acceptors (Lipinski definition) is 5. The predicted molar refractivity (Wildman–Crippen MR) is 41.9 cm³/mol. The second-order valence-electron chi connectivity index (χ2n) is 2.45. The highest BCUT2D eigenvalue weighted by Crippen LogP contribution is 2.25. The highest BCUT2D eigenvalue weighted by atomic mass is 32.3. The van der Waals surface area contributed by atoms with E-state index < -0.39 is 20.2 Å². The van der Waals surface area contributed by atoms with Gasteiger partial charge in [0, 0.05) is 0 Å². The van der Waals surface area contributed by atoms with Gasteiger partial charge in [0.05, 0.1) is 9.79 Å². The molecule has 3 rings (SSSR count). The Balaban J connectivity index is 2.90. The second kappa shape index (κ2) is 2.31. The van der Waals surface area contributed by atoms with Crippen molar-refractivity contribution in [2.75, 3.05) is 0 Å². The molecule has 0 amide bonds. The zero-order valence-electron chi connectivity index (χ0n) is 6.17. The van der Waals surface area contributed by atoms with Crippen LogP contribution in [0.15, 0.2) is 34.1 Å². The first-order valence-corrected chi connectivity index (χ1v) is 6.05. The molecule has 5 nitrogen and oxygen atoms in total. The molecule has 0 unspecified atom stereocenters. The first-order chi connectivity index (χ1) is 5.92. The molecule has 2 bridgehead atoms. The molecule has 0 saturated heterocycles. The third kappa shape index (κ3) is 1.25. The molecule has 13 heavy (non-hydrogen) atoms. The van der Waals surface area contributed by atoms with Crippen molar-refractivity contribution in [3.8, 4) is 0 Å². The first kappa shape index (κ1) is 8.67. The summed E-state index contributed by atoms with van der Waals surface area (Å²) < 4.78 is 48.5. The van der Waals surface area contributed by atoms with Gasteiger partial charge >= 0.3 is 20.2 Å². The highest BCUT2D eigenvalue weighted by Gasteiger charge is 2.30. The van der Waals surface area contributed by atoms with Crippen LogP contribution < -0.4 is 0 Å². The van der Waals surface area contributed by atoms with E-state index in [1.54, 1.807) is 0 Å². The molecule has 0 fully saturated rings. The smallest absolute Gasteiger partial charge is 0.193 e. The van der Waals surface area contributed by atoms with Crippen molar-refractivity contribution in [2.45, 2.75) is 9.79 Å². The summed E-state index contributed by atoms with van der Waals surface area (Å²) in [7, 11) is -8.28. The molecular weight excluding hydrogens is 216 g/mol. The Morgan fingerprint density at radius 2 is 1.08 bits per heavy atom. The number of benzene rings is 1. The monoisotopic (exact) mass is 220 g/mol. The van der Waals surface area contributed by atoms with Crippen molar-refractivity contribution in [3.63, 3.8) is 0 Å². The molecule has 2 aliphatic heterocycles. The molecule has 2 aliphatic rings. The van der Waals surface area contributed by atoms with Gasteiger partial charge in [-0.3, -0.25) is 0 Å². The average molecular weight is 220 g/mol. The van der Waals surface area contributed by atoms with E-state index in [0.717, 1.165) is 0 Å². The van der Waals surface area contributed by atoms with Crippen molar-refractivity contribution < 1.29 is 20.5 Å². The van der Waals surface area contributed by atoms with Gasteiger partial charge in [-0.05, 0) is 24.3 Å². The minimum Gasteiger partial charge on any atom is -0.193 e. The van der Waals surface area contributed by atoms with Crippen LogP contribution >= 0.6 is 0 Å². The second-order valence-corrected chi connectivity index (χ2v) is 5.75. The zero-order chi connectivity index (χ0) is 9.69. The molecule has 0 radical (unpaired) electrons. The van der Waals surface area contributed by atoms with Gasteiger partial charge in [0.1, 0.15) is 0 Å². The fourth-order valence-electron chi connectivity index (χ4n) is 0.969. The Hall–Kier alpha value is -0.920. The van der Waals surface area contributed by atoms with Crippen LogP contribution in [0, 0.1) is 0 Å². The van der Waals surface area contributed by atoms with Crippen LogP contribution in [0.25, 0.3) is 0 Å². The van der Waals surface area contributed by atoms with Crippen molar-refractivity contribution in [1.82, 2.24) is 0 Å². The van der Waals surface area contributed by atoms with Crippen molar-refractivity contribution in [3.05, 3.63) is 24.3 Å². The summed E-state index contributed by atoms with van der Waals surface area (Å²) in [4.78, 5) is -0.311. The molecule has 0 spiro atoms. The van der Waals surface area contributed by atoms with Crippen LogP contribution in [0.2, 0.25) is 0 Å². The largest absolute Gasteiger partial charge is 0.311 e. The van der Waals surface area contributed by atoms with Crippen LogP contribution in [0.1, 0.15) is 0 Å². The van der Waals surface area contributed by atoms with Crippen LogP contribution in [-0.2, 0) is 23.9 Å². The Labute approximate surface area is 75.2 Å². The van der Waals surface area contributed by atoms with Crippen LogP contribution in [-0.4, -0.2) is 16.8 Å². The Bertz CT molecular complexity index is 486. The quantitative estimate of drug-likeness (QED) is 0.619. The lowest BCUT2D eigenvalue weighted by Gasteiger charge is -1.97. The van der Waals surface area contributed by atoms with E-state index in [1.807, 2.05) is 0 Å². The Kier molecular flexibility index (Phi) is 1.54. The Morgan fingerprint density at radius 1 is 0.769 bits per heavy atom. The molecule has 0 aromatic heterocycles. The van der Waals surface area contributed by atoms with E-state index in [0.29, 0.717) is 0 Å². The van der Waals surface area contributed by atoms with Crippen molar-refractivity contribution in [1.29, 1.82) is 0 Å². The molecule has 7 heteroatoms. The molecule has 1 aromatic rings. The van der Waals surface area contributed by atoms with E-state index in [1.165, 1.54) is 24.3 Å². The summed E-state index contributed by atoms with van der Waals surface area (Å²) in [6.07, 6.45) is 0. The van der Waals surface area contributed by atoms with Gasteiger partial charge in [0.25, 0.3) is 0 Å². The summed E-state index contributed by atoms with van der Waals surface area (Å²) >= 11 is 0. The van der Waals surface area contributed by atoms with Crippen molar-refractivity contribution in [2.24, 2.45) is 0 Å². The van der Waals surface area contributed by atoms with Gasteiger partial charge in [-0.15, -0.1) is 3.63 Å². The van der Waals surface area contributed by atoms with Gasteiger partial charge in [-0.1, -0.05) is 0 Å². The fourth-order valence-corrected chi connectivity index (χ4v) is 3.48. The number of rotatable bonds is 0. The maximum atomic E-state index is 11.1. The zero-order valence-corrected chi connectivity index (χ0v) is 7.80. The van der Waals surface area contributed by atoms with Gasteiger partial charge in [0.15, 0.2) is 0 Å². The standard InChI is InChI=1S/C6H4O5S2/c7-12(8)5-1-2-6(4-3-5)13(9,10)11-12/h1-4H. The molecule has 0 N–H and O–H groups in total. The lowest BCUT2D eigenvalue weighted by Crippen LogP contribution is -2.09. The number of fused-ring (bicyclic) bond motifs is 4. The van der Waals surface area contributed by atoms with Gasteiger partial charge in [0.2, 0.25) is 0 Å². The summed E-state index contributed by atoms with van der Waals surface area (Å²) in [6.45, 7) is 0. The lowest BCUT2D eigenvalue weighted by molar-refractivity contribution is 0.464. The maximum Gasteiger partial charge on any atom is 0.311 e. The van der Waals surface area contributed by atoms with E-state index in [2.05, 4.69) is 3.63 Å². The van der Waals surface area contributed by atoms with Gasteiger partial charge in [-0.2, -0.15) is 16.8 Å². The van der Waals surface area contributed by atoms with Crippen LogP contribution in [0.3, 0.4) is 0 Å². The summed E-state index contributed by atoms with van der Waals surface area (Å²) in [5, 5.41) is 0. The molecule has 2 heterocycles. The van der Waals surface area contributed by atoms with E-state index in [4.69, 9.17) is 0 Å². The van der Waals surface area contributed by atoms with Crippen LogP contribution in [0.5, 0.6) is 0 Å². The highest BCUT2D eigenvalue weighted by molar-refractivity contribution is 8.00. The molecule has 0 atom stereocenters. The molecule has 1 aromatic carbocycles.